The number of aliphatic hydroxyl groups is 1. The van der Waals surface area contributed by atoms with Crippen LogP contribution in [0.15, 0.2) is 18.2 Å². The first-order valence-electron chi connectivity index (χ1n) is 5.46. The second kappa shape index (κ2) is 6.45. The Morgan fingerprint density at radius 1 is 1.50 bits per heavy atom. The van der Waals surface area contributed by atoms with Gasteiger partial charge in [0.05, 0.1) is 6.61 Å². The van der Waals surface area contributed by atoms with Crippen molar-refractivity contribution in [3.63, 3.8) is 0 Å². The minimum atomic E-state index is -0.288. The molecule has 16 heavy (non-hydrogen) atoms. The third-order valence-corrected chi connectivity index (χ3v) is 2.31. The summed E-state index contributed by atoms with van der Waals surface area (Å²) in [6.45, 7) is 4.70. The highest BCUT2D eigenvalue weighted by Gasteiger charge is 2.15. The number of aliphatic hydroxyl groups excluding tert-OH is 1. The van der Waals surface area contributed by atoms with Crippen molar-refractivity contribution in [1.82, 2.24) is 5.32 Å². The number of nitrogens with one attached hydrogen (secondary N) is 1. The van der Waals surface area contributed by atoms with E-state index in [1.807, 2.05) is 13.8 Å². The number of hydrogen-bond donors (Lipinski definition) is 2. The van der Waals surface area contributed by atoms with Gasteiger partial charge >= 0.3 is 0 Å². The molecule has 1 atom stereocenters. The second-order valence-corrected chi connectivity index (χ2v) is 3.50. The predicted molar refractivity (Wildman–Crippen MR) is 61.1 cm³/mol. The molecule has 1 aromatic rings. The molecule has 0 aromatic heterocycles. The Balaban J connectivity index is 2.93. The number of rotatable bonds is 6. The van der Waals surface area contributed by atoms with Gasteiger partial charge in [0, 0.05) is 11.6 Å². The summed E-state index contributed by atoms with van der Waals surface area (Å²) in [5.41, 5.74) is 0.512. The van der Waals surface area contributed by atoms with E-state index in [4.69, 9.17) is 9.84 Å². The fourth-order valence-corrected chi connectivity index (χ4v) is 1.63. The first kappa shape index (κ1) is 12.9. The van der Waals surface area contributed by atoms with E-state index in [2.05, 4.69) is 5.32 Å². The van der Waals surface area contributed by atoms with Gasteiger partial charge in [0.15, 0.2) is 0 Å². The standard InChI is InChI=1S/C12H18FNO2/c1-3-14-9(2)12-10(13)5-4-6-11(12)16-8-7-15/h4-6,9,14-15H,3,7-8H2,1-2H3. The first-order valence-corrected chi connectivity index (χ1v) is 5.46. The van der Waals surface area contributed by atoms with Gasteiger partial charge in [-0.25, -0.2) is 4.39 Å². The second-order valence-electron chi connectivity index (χ2n) is 3.50. The van der Waals surface area contributed by atoms with Crippen LogP contribution in [0.2, 0.25) is 0 Å². The maximum Gasteiger partial charge on any atom is 0.131 e. The van der Waals surface area contributed by atoms with Crippen molar-refractivity contribution < 1.29 is 14.2 Å². The number of ether oxygens (including phenoxy) is 1. The molecule has 0 fully saturated rings. The van der Waals surface area contributed by atoms with Crippen LogP contribution in [0.5, 0.6) is 5.75 Å². The molecule has 0 spiro atoms. The Kier molecular flexibility index (Phi) is 5.22. The molecule has 3 nitrogen and oxygen atoms in total. The number of halogens is 1. The lowest BCUT2D eigenvalue weighted by Crippen LogP contribution is -2.20. The van der Waals surface area contributed by atoms with Gasteiger partial charge in [-0.1, -0.05) is 13.0 Å². The smallest absolute Gasteiger partial charge is 0.131 e. The maximum absolute atomic E-state index is 13.7. The normalized spacial score (nSPS) is 12.5. The molecule has 90 valence electrons. The van der Waals surface area contributed by atoms with Crippen molar-refractivity contribution >= 4 is 0 Å². The highest BCUT2D eigenvalue weighted by atomic mass is 19.1. The zero-order valence-electron chi connectivity index (χ0n) is 9.66. The summed E-state index contributed by atoms with van der Waals surface area (Å²) in [5, 5.41) is 11.8. The molecule has 0 aliphatic heterocycles. The van der Waals surface area contributed by atoms with Crippen molar-refractivity contribution in [2.75, 3.05) is 19.8 Å². The Labute approximate surface area is 95.2 Å². The summed E-state index contributed by atoms with van der Waals surface area (Å²) in [6.07, 6.45) is 0. The number of benzene rings is 1. The van der Waals surface area contributed by atoms with Crippen molar-refractivity contribution in [3.8, 4) is 5.75 Å². The molecule has 0 radical (unpaired) electrons. The minimum absolute atomic E-state index is 0.0778. The van der Waals surface area contributed by atoms with E-state index in [1.54, 1.807) is 12.1 Å². The van der Waals surface area contributed by atoms with E-state index in [1.165, 1.54) is 6.07 Å². The highest BCUT2D eigenvalue weighted by Crippen LogP contribution is 2.27. The molecule has 1 unspecified atom stereocenters. The lowest BCUT2D eigenvalue weighted by molar-refractivity contribution is 0.199. The van der Waals surface area contributed by atoms with Crippen LogP contribution >= 0.6 is 0 Å². The van der Waals surface area contributed by atoms with Gasteiger partial charge in [-0.15, -0.1) is 0 Å². The Morgan fingerprint density at radius 2 is 2.25 bits per heavy atom. The summed E-state index contributed by atoms with van der Waals surface area (Å²) in [4.78, 5) is 0. The van der Waals surface area contributed by atoms with E-state index in [-0.39, 0.29) is 25.1 Å². The molecule has 0 saturated carbocycles. The van der Waals surface area contributed by atoms with Gasteiger partial charge < -0.3 is 15.2 Å². The molecule has 2 N–H and O–H groups in total. The Bertz CT molecular complexity index is 331. The fourth-order valence-electron chi connectivity index (χ4n) is 1.63. The molecule has 0 bridgehead atoms. The van der Waals surface area contributed by atoms with Crippen LogP contribution in [0, 0.1) is 5.82 Å². The summed E-state index contributed by atoms with van der Waals surface area (Å²) >= 11 is 0. The van der Waals surface area contributed by atoms with Crippen LogP contribution in [0.4, 0.5) is 4.39 Å². The first-order chi connectivity index (χ1) is 7.70. The van der Waals surface area contributed by atoms with Crippen LogP contribution in [-0.4, -0.2) is 24.9 Å². The van der Waals surface area contributed by atoms with E-state index in [0.717, 1.165) is 6.54 Å². The molecule has 0 heterocycles. The highest BCUT2D eigenvalue weighted by molar-refractivity contribution is 5.37. The molecule has 1 aromatic carbocycles. The zero-order valence-corrected chi connectivity index (χ0v) is 9.66. The fraction of sp³-hybridized carbons (Fsp3) is 0.500. The summed E-state index contributed by atoms with van der Waals surface area (Å²) in [6, 6.07) is 4.61. The summed E-state index contributed by atoms with van der Waals surface area (Å²) < 4.78 is 19.0. The van der Waals surface area contributed by atoms with Gasteiger partial charge in [-0.05, 0) is 25.6 Å². The Hall–Kier alpha value is -1.13. The van der Waals surface area contributed by atoms with Gasteiger partial charge in [-0.2, -0.15) is 0 Å². The number of hydrogen-bond acceptors (Lipinski definition) is 3. The molecular weight excluding hydrogens is 209 g/mol. The summed E-state index contributed by atoms with van der Waals surface area (Å²) in [7, 11) is 0. The lowest BCUT2D eigenvalue weighted by Gasteiger charge is -2.18. The van der Waals surface area contributed by atoms with Gasteiger partial charge in [-0.3, -0.25) is 0 Å². The average molecular weight is 227 g/mol. The molecule has 0 amide bonds. The molecule has 4 heteroatoms. The topological polar surface area (TPSA) is 41.5 Å². The molecule has 0 aliphatic carbocycles. The van der Waals surface area contributed by atoms with Crippen LogP contribution in [0.1, 0.15) is 25.5 Å². The SMILES string of the molecule is CCNC(C)c1c(F)cccc1OCCO. The van der Waals surface area contributed by atoms with Crippen molar-refractivity contribution in [3.05, 3.63) is 29.6 Å². The van der Waals surface area contributed by atoms with E-state index < -0.39 is 0 Å². The third kappa shape index (κ3) is 3.18. The van der Waals surface area contributed by atoms with Crippen LogP contribution in [0.25, 0.3) is 0 Å². The third-order valence-electron chi connectivity index (χ3n) is 2.31. The van der Waals surface area contributed by atoms with Crippen LogP contribution in [0.3, 0.4) is 0 Å². The van der Waals surface area contributed by atoms with Crippen LogP contribution < -0.4 is 10.1 Å². The van der Waals surface area contributed by atoms with E-state index in [0.29, 0.717) is 11.3 Å². The molecule has 1 rings (SSSR count). The summed E-state index contributed by atoms with van der Waals surface area (Å²) in [5.74, 6) is 0.200. The quantitative estimate of drug-likeness (QED) is 0.779. The maximum atomic E-state index is 13.7. The lowest BCUT2D eigenvalue weighted by atomic mass is 10.1. The van der Waals surface area contributed by atoms with E-state index >= 15 is 0 Å². The van der Waals surface area contributed by atoms with E-state index in [9.17, 15) is 4.39 Å². The average Bonchev–Trinajstić information content (AvgIpc) is 2.26. The van der Waals surface area contributed by atoms with Crippen LogP contribution in [-0.2, 0) is 0 Å². The molecule has 0 aliphatic rings. The monoisotopic (exact) mass is 227 g/mol. The van der Waals surface area contributed by atoms with Crippen molar-refractivity contribution in [1.29, 1.82) is 0 Å². The van der Waals surface area contributed by atoms with Gasteiger partial charge in [0.1, 0.15) is 18.2 Å². The largest absolute Gasteiger partial charge is 0.491 e. The van der Waals surface area contributed by atoms with Crippen molar-refractivity contribution in [2.24, 2.45) is 0 Å². The minimum Gasteiger partial charge on any atom is -0.491 e. The predicted octanol–water partition coefficient (Wildman–Crippen LogP) is 1.87. The molecule has 0 saturated heterocycles. The zero-order chi connectivity index (χ0) is 12.0. The van der Waals surface area contributed by atoms with Gasteiger partial charge in [0.25, 0.3) is 0 Å². The Morgan fingerprint density at radius 3 is 2.88 bits per heavy atom. The van der Waals surface area contributed by atoms with Crippen molar-refractivity contribution in [2.45, 2.75) is 19.9 Å². The molecular formula is C12H18FNO2. The van der Waals surface area contributed by atoms with Gasteiger partial charge in [0.2, 0.25) is 0 Å².